The number of fused-ring (bicyclic) bond motifs is 1. The standard InChI is InChI=1S/C14H16FNOS/c15-11-3-4-12-10(6-11)7-13(18-12)14(16)9-2-1-5-17-8-9/h3-4,6-7,9,14H,1-2,5,8,16H2. The number of hydrogen-bond donors (Lipinski definition) is 1. The van der Waals surface area contributed by atoms with Crippen LogP contribution in [0.4, 0.5) is 4.39 Å². The Balaban J connectivity index is 1.88. The van der Waals surface area contributed by atoms with Gasteiger partial charge in [-0.3, -0.25) is 0 Å². The second kappa shape index (κ2) is 4.96. The molecule has 2 N–H and O–H groups in total. The molecule has 1 fully saturated rings. The van der Waals surface area contributed by atoms with Gasteiger partial charge in [-0.15, -0.1) is 11.3 Å². The predicted molar refractivity (Wildman–Crippen MR) is 72.3 cm³/mol. The monoisotopic (exact) mass is 265 g/mol. The fraction of sp³-hybridized carbons (Fsp3) is 0.429. The summed E-state index contributed by atoms with van der Waals surface area (Å²) >= 11 is 1.66. The third kappa shape index (κ3) is 2.28. The molecule has 2 heterocycles. The van der Waals surface area contributed by atoms with Crippen molar-refractivity contribution in [1.82, 2.24) is 0 Å². The molecule has 0 aliphatic carbocycles. The lowest BCUT2D eigenvalue weighted by atomic mass is 9.93. The molecule has 0 amide bonds. The van der Waals surface area contributed by atoms with Crippen LogP contribution in [0.5, 0.6) is 0 Å². The summed E-state index contributed by atoms with van der Waals surface area (Å²) in [6.45, 7) is 1.59. The number of nitrogens with two attached hydrogens (primary N) is 1. The first-order valence-electron chi connectivity index (χ1n) is 6.26. The summed E-state index contributed by atoms with van der Waals surface area (Å²) < 4.78 is 19.7. The molecule has 2 aromatic rings. The molecule has 2 unspecified atom stereocenters. The van der Waals surface area contributed by atoms with Crippen LogP contribution in [-0.4, -0.2) is 13.2 Å². The number of thiophene rings is 1. The Hall–Kier alpha value is -0.970. The average Bonchev–Trinajstić information content (AvgIpc) is 2.81. The van der Waals surface area contributed by atoms with E-state index in [2.05, 4.69) is 0 Å². The van der Waals surface area contributed by atoms with E-state index in [9.17, 15) is 4.39 Å². The summed E-state index contributed by atoms with van der Waals surface area (Å²) in [5.74, 6) is 0.193. The highest BCUT2D eigenvalue weighted by Crippen LogP contribution is 2.34. The quantitative estimate of drug-likeness (QED) is 0.902. The zero-order chi connectivity index (χ0) is 12.5. The van der Waals surface area contributed by atoms with Crippen molar-refractivity contribution in [3.63, 3.8) is 0 Å². The molecular weight excluding hydrogens is 249 g/mol. The van der Waals surface area contributed by atoms with Crippen LogP contribution in [0.15, 0.2) is 24.3 Å². The molecule has 18 heavy (non-hydrogen) atoms. The van der Waals surface area contributed by atoms with Crippen molar-refractivity contribution in [3.8, 4) is 0 Å². The average molecular weight is 265 g/mol. The van der Waals surface area contributed by atoms with E-state index < -0.39 is 0 Å². The van der Waals surface area contributed by atoms with E-state index in [0.717, 1.165) is 41.0 Å². The lowest BCUT2D eigenvalue weighted by Crippen LogP contribution is -2.28. The van der Waals surface area contributed by atoms with Crippen molar-refractivity contribution in [2.24, 2.45) is 11.7 Å². The van der Waals surface area contributed by atoms with Gasteiger partial charge in [-0.1, -0.05) is 0 Å². The highest BCUT2D eigenvalue weighted by Gasteiger charge is 2.23. The van der Waals surface area contributed by atoms with Crippen molar-refractivity contribution in [2.75, 3.05) is 13.2 Å². The fourth-order valence-electron chi connectivity index (χ4n) is 2.48. The van der Waals surface area contributed by atoms with E-state index in [0.29, 0.717) is 5.92 Å². The molecule has 1 saturated heterocycles. The molecule has 1 aromatic heterocycles. The summed E-state index contributed by atoms with van der Waals surface area (Å²) in [6, 6.07) is 6.91. The SMILES string of the molecule is NC(c1cc2cc(F)ccc2s1)C1CCCOC1. The molecular formula is C14H16FNOS. The number of ether oxygens (including phenoxy) is 1. The van der Waals surface area contributed by atoms with Crippen molar-refractivity contribution in [1.29, 1.82) is 0 Å². The minimum Gasteiger partial charge on any atom is -0.381 e. The van der Waals surface area contributed by atoms with E-state index in [1.54, 1.807) is 17.4 Å². The van der Waals surface area contributed by atoms with E-state index in [1.165, 1.54) is 6.07 Å². The highest BCUT2D eigenvalue weighted by molar-refractivity contribution is 7.19. The molecule has 3 rings (SSSR count). The Labute approximate surface area is 110 Å². The summed E-state index contributed by atoms with van der Waals surface area (Å²) in [7, 11) is 0. The Kier molecular flexibility index (Phi) is 3.33. The maximum absolute atomic E-state index is 13.2. The first-order valence-corrected chi connectivity index (χ1v) is 7.08. The first-order chi connectivity index (χ1) is 8.74. The summed E-state index contributed by atoms with van der Waals surface area (Å²) in [5, 5.41) is 0.946. The number of rotatable bonds is 2. The van der Waals surface area contributed by atoms with Crippen molar-refractivity contribution in [2.45, 2.75) is 18.9 Å². The van der Waals surface area contributed by atoms with Crippen LogP contribution in [0, 0.1) is 11.7 Å². The van der Waals surface area contributed by atoms with E-state index in [-0.39, 0.29) is 11.9 Å². The van der Waals surface area contributed by atoms with Crippen LogP contribution in [0.3, 0.4) is 0 Å². The van der Waals surface area contributed by atoms with Crippen LogP contribution in [0.25, 0.3) is 10.1 Å². The molecule has 96 valence electrons. The zero-order valence-corrected chi connectivity index (χ0v) is 10.9. The summed E-state index contributed by atoms with van der Waals surface area (Å²) in [4.78, 5) is 1.13. The molecule has 1 aliphatic heterocycles. The van der Waals surface area contributed by atoms with Crippen LogP contribution in [0.2, 0.25) is 0 Å². The number of benzene rings is 1. The maximum atomic E-state index is 13.2. The summed E-state index contributed by atoms with van der Waals surface area (Å²) in [6.07, 6.45) is 2.20. The van der Waals surface area contributed by atoms with Gasteiger partial charge in [0, 0.05) is 28.1 Å². The minimum absolute atomic E-state index is 0.00533. The van der Waals surface area contributed by atoms with E-state index in [4.69, 9.17) is 10.5 Å². The Bertz CT molecular complexity index is 548. The highest BCUT2D eigenvalue weighted by atomic mass is 32.1. The minimum atomic E-state index is -0.193. The Morgan fingerprint density at radius 2 is 2.28 bits per heavy atom. The van der Waals surface area contributed by atoms with Gasteiger partial charge in [0.1, 0.15) is 5.82 Å². The molecule has 0 radical (unpaired) electrons. The smallest absolute Gasteiger partial charge is 0.123 e. The van der Waals surface area contributed by atoms with Crippen LogP contribution in [-0.2, 0) is 4.74 Å². The van der Waals surface area contributed by atoms with Crippen molar-refractivity contribution < 1.29 is 9.13 Å². The van der Waals surface area contributed by atoms with Gasteiger partial charge >= 0.3 is 0 Å². The van der Waals surface area contributed by atoms with Gasteiger partial charge in [-0.25, -0.2) is 4.39 Å². The second-order valence-electron chi connectivity index (χ2n) is 4.83. The number of halogens is 1. The third-order valence-corrected chi connectivity index (χ3v) is 4.75. The first kappa shape index (κ1) is 12.1. The second-order valence-corrected chi connectivity index (χ2v) is 5.95. The van der Waals surface area contributed by atoms with Gasteiger partial charge in [-0.2, -0.15) is 0 Å². The topological polar surface area (TPSA) is 35.2 Å². The van der Waals surface area contributed by atoms with Crippen molar-refractivity contribution in [3.05, 3.63) is 35.0 Å². The van der Waals surface area contributed by atoms with Crippen LogP contribution < -0.4 is 5.73 Å². The zero-order valence-electron chi connectivity index (χ0n) is 10.1. The van der Waals surface area contributed by atoms with E-state index in [1.807, 2.05) is 12.1 Å². The van der Waals surface area contributed by atoms with Gasteiger partial charge in [-0.05, 0) is 42.5 Å². The van der Waals surface area contributed by atoms with Gasteiger partial charge in [0.15, 0.2) is 0 Å². The lowest BCUT2D eigenvalue weighted by molar-refractivity contribution is 0.0452. The molecule has 2 atom stereocenters. The number of hydrogen-bond acceptors (Lipinski definition) is 3. The molecule has 2 nitrogen and oxygen atoms in total. The molecule has 1 aromatic carbocycles. The molecule has 0 spiro atoms. The molecule has 1 aliphatic rings. The molecule has 0 saturated carbocycles. The lowest BCUT2D eigenvalue weighted by Gasteiger charge is -2.26. The fourth-order valence-corrected chi connectivity index (χ4v) is 3.62. The van der Waals surface area contributed by atoms with Crippen LogP contribution >= 0.6 is 11.3 Å². The van der Waals surface area contributed by atoms with Gasteiger partial charge < -0.3 is 10.5 Å². The molecule has 0 bridgehead atoms. The predicted octanol–water partition coefficient (Wildman–Crippen LogP) is 3.47. The maximum Gasteiger partial charge on any atom is 0.123 e. The Morgan fingerprint density at radius 3 is 3.06 bits per heavy atom. The molecule has 4 heteroatoms. The van der Waals surface area contributed by atoms with Crippen LogP contribution in [0.1, 0.15) is 23.8 Å². The van der Waals surface area contributed by atoms with E-state index >= 15 is 0 Å². The van der Waals surface area contributed by atoms with Gasteiger partial charge in [0.25, 0.3) is 0 Å². The third-order valence-electron chi connectivity index (χ3n) is 3.53. The largest absolute Gasteiger partial charge is 0.381 e. The van der Waals surface area contributed by atoms with Gasteiger partial charge in [0.05, 0.1) is 6.61 Å². The van der Waals surface area contributed by atoms with Gasteiger partial charge in [0.2, 0.25) is 0 Å². The summed E-state index contributed by atoms with van der Waals surface area (Å²) in [5.41, 5.74) is 6.31. The van der Waals surface area contributed by atoms with Crippen molar-refractivity contribution >= 4 is 21.4 Å². The Morgan fingerprint density at radius 1 is 1.39 bits per heavy atom. The normalized spacial score (nSPS) is 22.2.